The van der Waals surface area contributed by atoms with Crippen molar-refractivity contribution < 1.29 is 8.85 Å². The number of hydrogen-bond acceptors (Lipinski definition) is 4. The lowest BCUT2D eigenvalue weighted by molar-refractivity contribution is 0.201. The van der Waals surface area contributed by atoms with E-state index in [0.717, 1.165) is 32.0 Å². The van der Waals surface area contributed by atoms with E-state index < -0.39 is 8.56 Å². The van der Waals surface area contributed by atoms with Crippen LogP contribution >= 0.6 is 0 Å². The van der Waals surface area contributed by atoms with Gasteiger partial charge in [-0.15, -0.1) is 0 Å². The lowest BCUT2D eigenvalue weighted by atomic mass is 10.5. The molecule has 14 heavy (non-hydrogen) atoms. The molecule has 5 heteroatoms. The molecular formula is C9H24N2O2Si. The van der Waals surface area contributed by atoms with E-state index in [1.807, 2.05) is 7.05 Å². The lowest BCUT2D eigenvalue weighted by Crippen LogP contribution is -2.38. The predicted molar refractivity (Wildman–Crippen MR) is 61.6 cm³/mol. The molecule has 0 aliphatic carbocycles. The molecule has 0 bridgehead atoms. The highest BCUT2D eigenvalue weighted by Crippen LogP contribution is 2.14. The fourth-order valence-electron chi connectivity index (χ4n) is 1.19. The van der Waals surface area contributed by atoms with Crippen molar-refractivity contribution in [1.82, 2.24) is 5.32 Å². The molecule has 0 aliphatic heterocycles. The summed E-state index contributed by atoms with van der Waals surface area (Å²) >= 11 is 0. The molecule has 0 saturated carbocycles. The molecule has 0 heterocycles. The van der Waals surface area contributed by atoms with Crippen molar-refractivity contribution in [3.8, 4) is 0 Å². The molecule has 0 rings (SSSR count). The third-order valence-corrected chi connectivity index (χ3v) is 5.19. The van der Waals surface area contributed by atoms with Crippen LogP contribution in [0.1, 0.15) is 12.8 Å². The van der Waals surface area contributed by atoms with Gasteiger partial charge in [0, 0.05) is 13.7 Å². The monoisotopic (exact) mass is 220 g/mol. The minimum absolute atomic E-state index is 0.714. The maximum Gasteiger partial charge on any atom is 0.334 e. The molecule has 1 atom stereocenters. The number of rotatable bonds is 9. The van der Waals surface area contributed by atoms with Crippen LogP contribution < -0.4 is 11.1 Å². The number of nitrogens with one attached hydrogen (secondary N) is 1. The fourth-order valence-corrected chi connectivity index (χ4v) is 3.08. The molecule has 0 saturated heterocycles. The highest BCUT2D eigenvalue weighted by molar-refractivity contribution is 6.65. The Balaban J connectivity index is 3.63. The zero-order valence-electron chi connectivity index (χ0n) is 9.64. The quantitative estimate of drug-likeness (QED) is 0.443. The molecule has 0 spiro atoms. The summed E-state index contributed by atoms with van der Waals surface area (Å²) < 4.78 is 11.3. The summed E-state index contributed by atoms with van der Waals surface area (Å²) in [6.45, 7) is 4.58. The van der Waals surface area contributed by atoms with Crippen molar-refractivity contribution in [2.75, 3.05) is 33.9 Å². The highest BCUT2D eigenvalue weighted by atomic mass is 28.4. The standard InChI is InChI=1S/C9H24N2O2Si/c1-11-7-5-8-13-14(3,12-2)9-4-6-10/h11H,4-10H2,1-3H3. The maximum atomic E-state index is 5.80. The third-order valence-electron chi connectivity index (χ3n) is 2.25. The summed E-state index contributed by atoms with van der Waals surface area (Å²) in [5.41, 5.74) is 5.47. The Labute approximate surface area is 88.4 Å². The molecule has 0 aromatic rings. The van der Waals surface area contributed by atoms with Gasteiger partial charge in [0.1, 0.15) is 0 Å². The summed E-state index contributed by atoms with van der Waals surface area (Å²) in [6.07, 6.45) is 2.02. The van der Waals surface area contributed by atoms with Gasteiger partial charge in [0.05, 0.1) is 0 Å². The van der Waals surface area contributed by atoms with Gasteiger partial charge in [-0.05, 0) is 45.6 Å². The van der Waals surface area contributed by atoms with E-state index in [-0.39, 0.29) is 0 Å². The van der Waals surface area contributed by atoms with Crippen LogP contribution in [0.2, 0.25) is 12.6 Å². The summed E-state index contributed by atoms with van der Waals surface area (Å²) in [5, 5.41) is 3.09. The molecule has 86 valence electrons. The highest BCUT2D eigenvalue weighted by Gasteiger charge is 2.28. The summed E-state index contributed by atoms with van der Waals surface area (Å²) in [6, 6.07) is 0.986. The lowest BCUT2D eigenvalue weighted by Gasteiger charge is -2.24. The average molecular weight is 220 g/mol. The van der Waals surface area contributed by atoms with Gasteiger partial charge in [-0.1, -0.05) is 0 Å². The van der Waals surface area contributed by atoms with E-state index in [1.54, 1.807) is 7.11 Å². The first-order chi connectivity index (χ1) is 6.68. The van der Waals surface area contributed by atoms with Crippen molar-refractivity contribution >= 4 is 8.56 Å². The molecule has 0 amide bonds. The summed E-state index contributed by atoms with van der Waals surface area (Å²) in [5.74, 6) is 0. The minimum atomic E-state index is -1.90. The zero-order chi connectivity index (χ0) is 10.9. The molecule has 0 aromatic carbocycles. The molecule has 4 nitrogen and oxygen atoms in total. The van der Waals surface area contributed by atoms with Crippen molar-refractivity contribution in [1.29, 1.82) is 0 Å². The van der Waals surface area contributed by atoms with Crippen LogP contribution in [0.4, 0.5) is 0 Å². The third kappa shape index (κ3) is 6.50. The Kier molecular flexibility index (Phi) is 8.41. The maximum absolute atomic E-state index is 5.80. The van der Waals surface area contributed by atoms with E-state index >= 15 is 0 Å². The Morgan fingerprint density at radius 3 is 2.57 bits per heavy atom. The van der Waals surface area contributed by atoms with Crippen LogP contribution in [0.15, 0.2) is 0 Å². The van der Waals surface area contributed by atoms with Gasteiger partial charge in [-0.2, -0.15) is 0 Å². The molecular weight excluding hydrogens is 196 g/mol. The summed E-state index contributed by atoms with van der Waals surface area (Å²) in [7, 11) is 1.78. The Hall–Kier alpha value is 0.0569. The van der Waals surface area contributed by atoms with Gasteiger partial charge in [0.15, 0.2) is 0 Å². The van der Waals surface area contributed by atoms with Crippen LogP contribution in [-0.2, 0) is 8.85 Å². The first-order valence-corrected chi connectivity index (χ1v) is 7.74. The summed E-state index contributed by atoms with van der Waals surface area (Å²) in [4.78, 5) is 0. The van der Waals surface area contributed by atoms with E-state index in [9.17, 15) is 0 Å². The predicted octanol–water partition coefficient (Wildman–Crippen LogP) is 0.680. The van der Waals surface area contributed by atoms with Gasteiger partial charge in [0.25, 0.3) is 0 Å². The first-order valence-electron chi connectivity index (χ1n) is 5.22. The van der Waals surface area contributed by atoms with E-state index in [4.69, 9.17) is 14.6 Å². The van der Waals surface area contributed by atoms with Crippen LogP contribution in [0, 0.1) is 0 Å². The number of hydrogen-bond donors (Lipinski definition) is 2. The molecule has 1 unspecified atom stereocenters. The average Bonchev–Trinajstić information content (AvgIpc) is 2.22. The number of nitrogens with two attached hydrogens (primary N) is 1. The second-order valence-electron chi connectivity index (χ2n) is 3.54. The smallest absolute Gasteiger partial charge is 0.334 e. The van der Waals surface area contributed by atoms with Crippen molar-refractivity contribution in [3.05, 3.63) is 0 Å². The van der Waals surface area contributed by atoms with Gasteiger partial charge in [0.2, 0.25) is 0 Å². The van der Waals surface area contributed by atoms with Crippen LogP contribution in [0.3, 0.4) is 0 Å². The minimum Gasteiger partial charge on any atom is -0.398 e. The van der Waals surface area contributed by atoms with Gasteiger partial charge in [-0.3, -0.25) is 0 Å². The topological polar surface area (TPSA) is 56.5 Å². The molecule has 0 radical (unpaired) electrons. The fraction of sp³-hybridized carbons (Fsp3) is 1.00. The van der Waals surface area contributed by atoms with Gasteiger partial charge in [-0.25, -0.2) is 0 Å². The largest absolute Gasteiger partial charge is 0.398 e. The van der Waals surface area contributed by atoms with Crippen molar-refractivity contribution in [2.45, 2.75) is 25.4 Å². The zero-order valence-corrected chi connectivity index (χ0v) is 10.6. The second-order valence-corrected chi connectivity index (χ2v) is 7.00. The van der Waals surface area contributed by atoms with Crippen molar-refractivity contribution in [3.63, 3.8) is 0 Å². The Bertz CT molecular complexity index is 138. The Morgan fingerprint density at radius 1 is 1.36 bits per heavy atom. The van der Waals surface area contributed by atoms with Crippen LogP contribution in [0.25, 0.3) is 0 Å². The second kappa shape index (κ2) is 8.37. The first kappa shape index (κ1) is 14.1. The van der Waals surface area contributed by atoms with Gasteiger partial charge >= 0.3 is 8.56 Å². The molecule has 0 fully saturated rings. The SMILES string of the molecule is CNCCCO[Si](C)(CCCN)OC. The Morgan fingerprint density at radius 2 is 2.07 bits per heavy atom. The van der Waals surface area contributed by atoms with Gasteiger partial charge < -0.3 is 19.9 Å². The molecule has 0 aliphatic rings. The van der Waals surface area contributed by atoms with E-state index in [0.29, 0.717) is 6.54 Å². The molecule has 0 aromatic heterocycles. The normalized spacial score (nSPS) is 15.4. The van der Waals surface area contributed by atoms with E-state index in [2.05, 4.69) is 11.9 Å². The van der Waals surface area contributed by atoms with Crippen LogP contribution in [-0.4, -0.2) is 42.4 Å². The van der Waals surface area contributed by atoms with Crippen LogP contribution in [0.5, 0.6) is 0 Å². The molecule has 3 N–H and O–H groups in total. The van der Waals surface area contributed by atoms with Crippen molar-refractivity contribution in [2.24, 2.45) is 5.73 Å². The van der Waals surface area contributed by atoms with E-state index in [1.165, 1.54) is 0 Å².